The molecule has 0 aliphatic heterocycles. The van der Waals surface area contributed by atoms with E-state index >= 15 is 0 Å². The Bertz CT molecular complexity index is 658. The van der Waals surface area contributed by atoms with Gasteiger partial charge in [-0.15, -0.1) is 0 Å². The Morgan fingerprint density at radius 3 is 2.65 bits per heavy atom. The highest BCUT2D eigenvalue weighted by atomic mass is 16.3. The van der Waals surface area contributed by atoms with Crippen LogP contribution in [0.15, 0.2) is 4.79 Å². The van der Waals surface area contributed by atoms with E-state index in [1.807, 2.05) is 19.9 Å². The van der Waals surface area contributed by atoms with Crippen molar-refractivity contribution in [1.82, 2.24) is 10.3 Å². The molecule has 0 spiro atoms. The summed E-state index contributed by atoms with van der Waals surface area (Å²) < 4.78 is 0. The summed E-state index contributed by atoms with van der Waals surface area (Å²) in [4.78, 5) is 26.2. The predicted octanol–water partition coefficient (Wildman–Crippen LogP) is 1.32. The molecular weight excluding hydrogens is 294 g/mol. The lowest BCUT2D eigenvalue weighted by atomic mass is 9.99. The number of carbonyl (C=O) groups is 1. The van der Waals surface area contributed by atoms with Crippen molar-refractivity contribution in [3.05, 3.63) is 32.7 Å². The molecule has 126 valence electrons. The molecule has 6 nitrogen and oxygen atoms in total. The quantitative estimate of drug-likeness (QED) is 0.704. The van der Waals surface area contributed by atoms with Crippen LogP contribution in [0.2, 0.25) is 0 Å². The fourth-order valence-corrected chi connectivity index (χ4v) is 2.44. The number of aryl methyl sites for hydroxylation is 1. The third kappa shape index (κ3) is 4.93. The Morgan fingerprint density at radius 1 is 1.43 bits per heavy atom. The van der Waals surface area contributed by atoms with Crippen molar-refractivity contribution in [3.8, 4) is 6.07 Å². The van der Waals surface area contributed by atoms with Crippen molar-refractivity contribution in [1.29, 1.82) is 5.26 Å². The number of nitrogens with zero attached hydrogens (tertiary/aromatic N) is 1. The Hall–Kier alpha value is -2.13. The van der Waals surface area contributed by atoms with Gasteiger partial charge in [0.05, 0.1) is 6.10 Å². The fourth-order valence-electron chi connectivity index (χ4n) is 2.44. The SMILES string of the molecule is CCC(C)C(O)CNC(=O)CCc1c(C)[nH]c(=O)c(C#N)c1C. The van der Waals surface area contributed by atoms with E-state index in [0.717, 1.165) is 12.0 Å². The molecule has 0 saturated carbocycles. The topological polar surface area (TPSA) is 106 Å². The maximum atomic E-state index is 11.9. The molecule has 1 heterocycles. The van der Waals surface area contributed by atoms with Crippen LogP contribution in [0.5, 0.6) is 0 Å². The zero-order chi connectivity index (χ0) is 17.6. The van der Waals surface area contributed by atoms with Crippen LogP contribution < -0.4 is 10.9 Å². The first-order valence-corrected chi connectivity index (χ1v) is 7.89. The van der Waals surface area contributed by atoms with Crippen molar-refractivity contribution in [2.24, 2.45) is 5.92 Å². The Kier molecular flexibility index (Phi) is 6.98. The summed E-state index contributed by atoms with van der Waals surface area (Å²) in [5, 5.41) is 21.6. The summed E-state index contributed by atoms with van der Waals surface area (Å²) in [6.45, 7) is 7.65. The number of hydrogen-bond donors (Lipinski definition) is 3. The van der Waals surface area contributed by atoms with E-state index in [-0.39, 0.29) is 30.4 Å². The van der Waals surface area contributed by atoms with Crippen LogP contribution in [0.3, 0.4) is 0 Å². The number of aromatic nitrogens is 1. The molecule has 2 atom stereocenters. The van der Waals surface area contributed by atoms with Crippen LogP contribution in [0.1, 0.15) is 49.1 Å². The zero-order valence-corrected chi connectivity index (χ0v) is 14.2. The van der Waals surface area contributed by atoms with E-state index in [1.54, 1.807) is 13.8 Å². The van der Waals surface area contributed by atoms with E-state index in [9.17, 15) is 14.7 Å². The van der Waals surface area contributed by atoms with Crippen LogP contribution in [0, 0.1) is 31.1 Å². The molecule has 0 aromatic carbocycles. The molecule has 23 heavy (non-hydrogen) atoms. The number of H-pyrrole nitrogens is 1. The van der Waals surface area contributed by atoms with Crippen molar-refractivity contribution >= 4 is 5.91 Å². The molecule has 6 heteroatoms. The van der Waals surface area contributed by atoms with Crippen LogP contribution in [0.4, 0.5) is 0 Å². The number of nitrogens with one attached hydrogen (secondary N) is 2. The molecule has 1 aromatic heterocycles. The summed E-state index contributed by atoms with van der Waals surface area (Å²) >= 11 is 0. The highest BCUT2D eigenvalue weighted by Gasteiger charge is 2.15. The molecule has 0 bridgehead atoms. The Balaban J connectivity index is 2.67. The van der Waals surface area contributed by atoms with Gasteiger partial charge in [-0.05, 0) is 37.3 Å². The molecular formula is C17H25N3O3. The lowest BCUT2D eigenvalue weighted by Crippen LogP contribution is -2.35. The molecule has 2 unspecified atom stereocenters. The lowest BCUT2D eigenvalue weighted by Gasteiger charge is -2.17. The smallest absolute Gasteiger partial charge is 0.266 e. The van der Waals surface area contributed by atoms with Gasteiger partial charge in [-0.2, -0.15) is 5.26 Å². The van der Waals surface area contributed by atoms with Crippen molar-refractivity contribution in [2.75, 3.05) is 6.54 Å². The van der Waals surface area contributed by atoms with Gasteiger partial charge in [-0.1, -0.05) is 20.3 Å². The Labute approximate surface area is 136 Å². The van der Waals surface area contributed by atoms with Crippen molar-refractivity contribution in [2.45, 2.75) is 53.1 Å². The van der Waals surface area contributed by atoms with Gasteiger partial charge < -0.3 is 15.4 Å². The first-order valence-electron chi connectivity index (χ1n) is 7.89. The second-order valence-corrected chi connectivity index (χ2v) is 5.93. The summed E-state index contributed by atoms with van der Waals surface area (Å²) in [5.74, 6) is -0.0203. The van der Waals surface area contributed by atoms with Crippen LogP contribution in [-0.4, -0.2) is 28.6 Å². The van der Waals surface area contributed by atoms with Crippen LogP contribution in [-0.2, 0) is 11.2 Å². The van der Waals surface area contributed by atoms with E-state index in [1.165, 1.54) is 0 Å². The number of carbonyl (C=O) groups excluding carboxylic acids is 1. The summed E-state index contributed by atoms with van der Waals surface area (Å²) in [7, 11) is 0. The largest absolute Gasteiger partial charge is 0.391 e. The van der Waals surface area contributed by atoms with Gasteiger partial charge >= 0.3 is 0 Å². The zero-order valence-electron chi connectivity index (χ0n) is 14.2. The highest BCUT2D eigenvalue weighted by molar-refractivity contribution is 5.76. The molecule has 1 amide bonds. The minimum atomic E-state index is -0.550. The second kappa shape index (κ2) is 8.49. The number of amides is 1. The monoisotopic (exact) mass is 319 g/mol. The van der Waals surface area contributed by atoms with E-state index in [0.29, 0.717) is 17.7 Å². The van der Waals surface area contributed by atoms with Gasteiger partial charge in [0.25, 0.3) is 5.56 Å². The fraction of sp³-hybridized carbons (Fsp3) is 0.588. The average molecular weight is 319 g/mol. The predicted molar refractivity (Wildman–Crippen MR) is 88.0 cm³/mol. The molecule has 1 aromatic rings. The number of aromatic amines is 1. The van der Waals surface area contributed by atoms with Gasteiger partial charge in [0.2, 0.25) is 5.91 Å². The average Bonchev–Trinajstić information content (AvgIpc) is 2.51. The van der Waals surface area contributed by atoms with E-state index in [4.69, 9.17) is 5.26 Å². The minimum Gasteiger partial charge on any atom is -0.391 e. The molecule has 0 radical (unpaired) electrons. The maximum Gasteiger partial charge on any atom is 0.266 e. The van der Waals surface area contributed by atoms with Gasteiger partial charge in [0.15, 0.2) is 0 Å². The molecule has 0 aliphatic rings. The summed E-state index contributed by atoms with van der Waals surface area (Å²) in [6.07, 6.45) is 0.981. The Morgan fingerprint density at radius 2 is 2.09 bits per heavy atom. The van der Waals surface area contributed by atoms with Gasteiger partial charge in [-0.3, -0.25) is 9.59 Å². The third-order valence-electron chi connectivity index (χ3n) is 4.33. The van der Waals surface area contributed by atoms with Gasteiger partial charge in [-0.25, -0.2) is 0 Å². The first kappa shape index (κ1) is 18.9. The van der Waals surface area contributed by atoms with Crippen LogP contribution >= 0.6 is 0 Å². The number of hydrogen-bond acceptors (Lipinski definition) is 4. The van der Waals surface area contributed by atoms with Crippen LogP contribution in [0.25, 0.3) is 0 Å². The minimum absolute atomic E-state index is 0.0956. The van der Waals surface area contributed by atoms with Gasteiger partial charge in [0, 0.05) is 18.7 Å². The molecule has 1 rings (SSSR count). The maximum absolute atomic E-state index is 11.9. The third-order valence-corrected chi connectivity index (χ3v) is 4.33. The number of pyridine rings is 1. The second-order valence-electron chi connectivity index (χ2n) is 5.93. The van der Waals surface area contributed by atoms with E-state index in [2.05, 4.69) is 10.3 Å². The summed E-state index contributed by atoms with van der Waals surface area (Å²) in [6, 6.07) is 1.90. The highest BCUT2D eigenvalue weighted by Crippen LogP contribution is 2.15. The molecule has 0 fully saturated rings. The molecule has 3 N–H and O–H groups in total. The number of nitriles is 1. The number of aliphatic hydroxyl groups is 1. The number of rotatable bonds is 7. The normalized spacial score (nSPS) is 13.2. The molecule has 0 saturated heterocycles. The standard InChI is InChI=1S/C17H25N3O3/c1-5-10(2)15(21)9-19-16(22)7-6-13-11(3)14(8-18)17(23)20-12(13)4/h10,15,21H,5-7,9H2,1-4H3,(H,19,22)(H,20,23). The van der Waals surface area contributed by atoms with Gasteiger partial charge in [0.1, 0.15) is 11.6 Å². The molecule has 0 aliphatic carbocycles. The van der Waals surface area contributed by atoms with Crippen molar-refractivity contribution < 1.29 is 9.90 Å². The first-order chi connectivity index (χ1) is 10.8. The summed E-state index contributed by atoms with van der Waals surface area (Å²) in [5.41, 5.74) is 1.82. The number of aliphatic hydroxyl groups excluding tert-OH is 1. The van der Waals surface area contributed by atoms with E-state index < -0.39 is 11.7 Å². The van der Waals surface area contributed by atoms with Crippen molar-refractivity contribution in [3.63, 3.8) is 0 Å². The lowest BCUT2D eigenvalue weighted by molar-refractivity contribution is -0.121.